The third-order valence-corrected chi connectivity index (χ3v) is 5.91. The summed E-state index contributed by atoms with van der Waals surface area (Å²) in [4.78, 5) is 0. The van der Waals surface area contributed by atoms with Crippen LogP contribution >= 0.6 is 23.4 Å². The maximum absolute atomic E-state index is 6.13. The molecule has 1 heterocycles. The molecule has 0 saturated heterocycles. The first-order chi connectivity index (χ1) is 13.6. The zero-order valence-electron chi connectivity index (χ0n) is 15.8. The first kappa shape index (κ1) is 18.8. The molecule has 0 atom stereocenters. The Hall–Kier alpha value is -2.56. The molecular formula is C23H20ClN3S. The number of halogens is 1. The monoisotopic (exact) mass is 405 g/mol. The van der Waals surface area contributed by atoms with E-state index in [1.54, 1.807) is 11.8 Å². The molecule has 0 aliphatic rings. The van der Waals surface area contributed by atoms with Crippen molar-refractivity contribution in [2.24, 2.45) is 0 Å². The summed E-state index contributed by atoms with van der Waals surface area (Å²) in [5.74, 6) is 1.62. The molecule has 0 unspecified atom stereocenters. The van der Waals surface area contributed by atoms with E-state index in [0.717, 1.165) is 38.6 Å². The van der Waals surface area contributed by atoms with Gasteiger partial charge >= 0.3 is 0 Å². The Morgan fingerprint density at radius 3 is 2.43 bits per heavy atom. The Morgan fingerprint density at radius 2 is 1.68 bits per heavy atom. The van der Waals surface area contributed by atoms with Gasteiger partial charge in [-0.1, -0.05) is 71.9 Å². The van der Waals surface area contributed by atoms with E-state index in [2.05, 4.69) is 65.0 Å². The number of benzene rings is 3. The molecule has 0 fully saturated rings. The van der Waals surface area contributed by atoms with Crippen LogP contribution in [0.4, 0.5) is 0 Å². The number of nitrogens with zero attached hydrogens (tertiary/aromatic N) is 3. The van der Waals surface area contributed by atoms with Crippen molar-refractivity contribution in [3.63, 3.8) is 0 Å². The predicted molar refractivity (Wildman–Crippen MR) is 117 cm³/mol. The van der Waals surface area contributed by atoms with Crippen LogP contribution in [0.1, 0.15) is 16.7 Å². The Morgan fingerprint density at radius 1 is 0.857 bits per heavy atom. The van der Waals surface area contributed by atoms with Gasteiger partial charge in [0, 0.05) is 16.3 Å². The average Bonchev–Trinajstić information content (AvgIpc) is 3.13. The van der Waals surface area contributed by atoms with Gasteiger partial charge in [0.2, 0.25) is 0 Å². The van der Waals surface area contributed by atoms with Crippen molar-refractivity contribution >= 4 is 23.4 Å². The molecule has 0 aliphatic carbocycles. The summed E-state index contributed by atoms with van der Waals surface area (Å²) in [5, 5.41) is 10.6. The Kier molecular flexibility index (Phi) is 5.51. The fourth-order valence-corrected chi connectivity index (χ4v) is 4.12. The summed E-state index contributed by atoms with van der Waals surface area (Å²) in [6.45, 7) is 4.25. The number of hydrogen-bond acceptors (Lipinski definition) is 3. The molecule has 0 saturated carbocycles. The fourth-order valence-electron chi connectivity index (χ4n) is 3.01. The van der Waals surface area contributed by atoms with Crippen molar-refractivity contribution in [1.29, 1.82) is 0 Å². The molecule has 0 bridgehead atoms. The van der Waals surface area contributed by atoms with Gasteiger partial charge in [0.15, 0.2) is 11.0 Å². The molecule has 3 nitrogen and oxygen atoms in total. The lowest BCUT2D eigenvalue weighted by Gasteiger charge is -2.12. The van der Waals surface area contributed by atoms with Crippen molar-refractivity contribution in [2.75, 3.05) is 0 Å². The average molecular weight is 406 g/mol. The van der Waals surface area contributed by atoms with Crippen LogP contribution in [-0.2, 0) is 5.75 Å². The molecule has 3 aromatic carbocycles. The highest BCUT2D eigenvalue weighted by molar-refractivity contribution is 7.98. The minimum atomic E-state index is 0.749. The molecule has 5 heteroatoms. The molecule has 0 aliphatic heterocycles. The molecule has 140 valence electrons. The van der Waals surface area contributed by atoms with E-state index in [9.17, 15) is 0 Å². The fraction of sp³-hybridized carbons (Fsp3) is 0.130. The van der Waals surface area contributed by atoms with Gasteiger partial charge in [-0.25, -0.2) is 0 Å². The van der Waals surface area contributed by atoms with Gasteiger partial charge in [-0.05, 0) is 54.8 Å². The first-order valence-corrected chi connectivity index (χ1v) is 10.4. The van der Waals surface area contributed by atoms with Gasteiger partial charge in [-0.2, -0.15) is 0 Å². The van der Waals surface area contributed by atoms with E-state index in [4.69, 9.17) is 11.6 Å². The van der Waals surface area contributed by atoms with Gasteiger partial charge in [0.1, 0.15) is 0 Å². The molecule has 1 aromatic heterocycles. The van der Waals surface area contributed by atoms with Crippen molar-refractivity contribution in [3.05, 3.63) is 94.5 Å². The Labute approximate surface area is 174 Å². The van der Waals surface area contributed by atoms with Crippen LogP contribution in [-0.4, -0.2) is 14.8 Å². The molecular weight excluding hydrogens is 386 g/mol. The highest BCUT2D eigenvalue weighted by atomic mass is 35.5. The predicted octanol–water partition coefficient (Wildman–Crippen LogP) is 6.50. The second kappa shape index (κ2) is 8.21. The van der Waals surface area contributed by atoms with E-state index < -0.39 is 0 Å². The van der Waals surface area contributed by atoms with Gasteiger partial charge < -0.3 is 0 Å². The quantitative estimate of drug-likeness (QED) is 0.355. The maximum Gasteiger partial charge on any atom is 0.196 e. The normalized spacial score (nSPS) is 11.0. The first-order valence-electron chi connectivity index (χ1n) is 9.07. The SMILES string of the molecule is Cc1ccc(-n2c(SCc3cccc(Cl)c3)nnc2-c2ccccc2)cc1C. The van der Waals surface area contributed by atoms with Gasteiger partial charge in [-0.3, -0.25) is 4.57 Å². The van der Waals surface area contributed by atoms with Crippen LogP contribution in [0.15, 0.2) is 78.0 Å². The zero-order valence-corrected chi connectivity index (χ0v) is 17.3. The molecule has 28 heavy (non-hydrogen) atoms. The van der Waals surface area contributed by atoms with Crippen LogP contribution in [0.2, 0.25) is 5.02 Å². The lowest BCUT2D eigenvalue weighted by molar-refractivity contribution is 0.884. The van der Waals surface area contributed by atoms with Crippen molar-refractivity contribution in [3.8, 4) is 17.1 Å². The smallest absolute Gasteiger partial charge is 0.196 e. The number of aromatic nitrogens is 3. The van der Waals surface area contributed by atoms with E-state index in [1.165, 1.54) is 11.1 Å². The summed E-state index contributed by atoms with van der Waals surface area (Å²) < 4.78 is 2.14. The van der Waals surface area contributed by atoms with Crippen LogP contribution in [0, 0.1) is 13.8 Å². The van der Waals surface area contributed by atoms with E-state index in [1.807, 2.05) is 36.4 Å². The number of hydrogen-bond donors (Lipinski definition) is 0. The van der Waals surface area contributed by atoms with Crippen LogP contribution in [0.25, 0.3) is 17.1 Å². The molecule has 4 aromatic rings. The van der Waals surface area contributed by atoms with E-state index in [0.29, 0.717) is 0 Å². The summed E-state index contributed by atoms with van der Waals surface area (Å²) in [6.07, 6.45) is 0. The zero-order chi connectivity index (χ0) is 19.5. The highest BCUT2D eigenvalue weighted by Gasteiger charge is 2.16. The van der Waals surface area contributed by atoms with E-state index in [-0.39, 0.29) is 0 Å². The van der Waals surface area contributed by atoms with Crippen molar-refractivity contribution in [2.45, 2.75) is 24.8 Å². The second-order valence-electron chi connectivity index (χ2n) is 6.69. The minimum absolute atomic E-state index is 0.749. The van der Waals surface area contributed by atoms with Crippen LogP contribution in [0.3, 0.4) is 0 Å². The van der Waals surface area contributed by atoms with Crippen LogP contribution in [0.5, 0.6) is 0 Å². The summed E-state index contributed by atoms with van der Waals surface area (Å²) >= 11 is 7.79. The lowest BCUT2D eigenvalue weighted by atomic mass is 10.1. The number of rotatable bonds is 5. The molecule has 0 amide bonds. The summed E-state index contributed by atoms with van der Waals surface area (Å²) in [7, 11) is 0. The standard InChI is InChI=1S/C23H20ClN3S/c1-16-11-12-21(13-17(16)2)27-22(19-8-4-3-5-9-19)25-26-23(27)28-15-18-7-6-10-20(24)14-18/h3-14H,15H2,1-2H3. The lowest BCUT2D eigenvalue weighted by Crippen LogP contribution is -2.01. The molecule has 4 rings (SSSR count). The van der Waals surface area contributed by atoms with E-state index >= 15 is 0 Å². The van der Waals surface area contributed by atoms with Crippen LogP contribution < -0.4 is 0 Å². The molecule has 0 radical (unpaired) electrons. The molecule has 0 N–H and O–H groups in total. The summed E-state index contributed by atoms with van der Waals surface area (Å²) in [6, 6.07) is 24.6. The third kappa shape index (κ3) is 3.98. The highest BCUT2D eigenvalue weighted by Crippen LogP contribution is 2.30. The van der Waals surface area contributed by atoms with Gasteiger partial charge in [0.25, 0.3) is 0 Å². The minimum Gasteiger partial charge on any atom is -0.270 e. The van der Waals surface area contributed by atoms with Crippen molar-refractivity contribution < 1.29 is 0 Å². The second-order valence-corrected chi connectivity index (χ2v) is 8.07. The topological polar surface area (TPSA) is 30.7 Å². The largest absolute Gasteiger partial charge is 0.270 e. The van der Waals surface area contributed by atoms with Crippen molar-refractivity contribution in [1.82, 2.24) is 14.8 Å². The summed E-state index contributed by atoms with van der Waals surface area (Å²) in [5.41, 5.74) is 5.79. The third-order valence-electron chi connectivity index (χ3n) is 4.67. The van der Waals surface area contributed by atoms with Gasteiger partial charge in [-0.15, -0.1) is 10.2 Å². The number of thioether (sulfide) groups is 1. The Balaban J connectivity index is 1.75. The Bertz CT molecular complexity index is 1110. The number of aryl methyl sites for hydroxylation is 2. The maximum atomic E-state index is 6.13. The van der Waals surface area contributed by atoms with Gasteiger partial charge in [0.05, 0.1) is 5.69 Å². The molecule has 0 spiro atoms.